The monoisotopic (exact) mass is 467 g/mol. The van der Waals surface area contributed by atoms with Gasteiger partial charge in [-0.05, 0) is 18.2 Å². The average molecular weight is 467 g/mol. The third-order valence-corrected chi connectivity index (χ3v) is 8.00. The molecule has 0 N–H and O–H groups in total. The summed E-state index contributed by atoms with van der Waals surface area (Å²) in [6.45, 7) is -0.760. The number of sulfonamides is 1. The normalized spacial score (nSPS) is 22.2. The van der Waals surface area contributed by atoms with E-state index in [4.69, 9.17) is 18.6 Å². The molecule has 166 valence electrons. The molecule has 6 rings (SSSR count). The Bertz CT molecular complexity index is 1370. The van der Waals surface area contributed by atoms with Crippen molar-refractivity contribution in [2.24, 2.45) is 0 Å². The molecular formula is C19H12F3N3O6S. The number of rotatable bonds is 2. The fourth-order valence-electron chi connectivity index (χ4n) is 4.22. The SMILES string of the molecule is O=S1(=O)N(Cc2ccc(C(F)(F)F)o2)c2ncncc2C12COc1cc3c(cc12)OCO3. The first-order valence-corrected chi connectivity index (χ1v) is 10.7. The van der Waals surface area contributed by atoms with Gasteiger partial charge in [0.15, 0.2) is 22.1 Å². The lowest BCUT2D eigenvalue weighted by molar-refractivity contribution is -0.153. The molecule has 13 heteroatoms. The largest absolute Gasteiger partial charge is 0.491 e. The number of aromatic nitrogens is 2. The first-order chi connectivity index (χ1) is 15.2. The lowest BCUT2D eigenvalue weighted by Crippen LogP contribution is -2.41. The maximum Gasteiger partial charge on any atom is 0.449 e. The summed E-state index contributed by atoms with van der Waals surface area (Å²) in [6.07, 6.45) is -2.16. The maximum absolute atomic E-state index is 13.9. The molecule has 0 saturated carbocycles. The van der Waals surface area contributed by atoms with E-state index in [-0.39, 0.29) is 30.5 Å². The molecule has 1 atom stereocenters. The van der Waals surface area contributed by atoms with Crippen LogP contribution in [0.4, 0.5) is 19.0 Å². The Morgan fingerprint density at radius 3 is 2.59 bits per heavy atom. The van der Waals surface area contributed by atoms with Gasteiger partial charge in [0.1, 0.15) is 24.4 Å². The Morgan fingerprint density at radius 1 is 1.06 bits per heavy atom. The van der Waals surface area contributed by atoms with Crippen LogP contribution < -0.4 is 18.5 Å². The molecular weight excluding hydrogens is 455 g/mol. The molecule has 3 aliphatic heterocycles. The molecule has 5 heterocycles. The third-order valence-electron chi connectivity index (χ3n) is 5.67. The van der Waals surface area contributed by atoms with Crippen molar-refractivity contribution < 1.29 is 40.2 Å². The highest BCUT2D eigenvalue weighted by molar-refractivity contribution is 7.94. The second-order valence-corrected chi connectivity index (χ2v) is 9.44. The quantitative estimate of drug-likeness (QED) is 0.567. The molecule has 0 fully saturated rings. The Hall–Kier alpha value is -3.48. The maximum atomic E-state index is 13.9. The molecule has 3 aliphatic rings. The van der Waals surface area contributed by atoms with E-state index >= 15 is 0 Å². The first-order valence-electron chi connectivity index (χ1n) is 9.27. The van der Waals surface area contributed by atoms with Gasteiger partial charge in [-0.3, -0.25) is 0 Å². The van der Waals surface area contributed by atoms with Gasteiger partial charge in [0.05, 0.1) is 6.54 Å². The Morgan fingerprint density at radius 2 is 1.84 bits per heavy atom. The minimum absolute atomic E-state index is 0.0101. The number of halogens is 3. The van der Waals surface area contributed by atoms with Crippen LogP contribution >= 0.6 is 0 Å². The summed E-state index contributed by atoms with van der Waals surface area (Å²) < 4.78 is 87.1. The molecule has 0 amide bonds. The van der Waals surface area contributed by atoms with Crippen molar-refractivity contribution in [3.63, 3.8) is 0 Å². The molecule has 0 saturated heterocycles. The van der Waals surface area contributed by atoms with Crippen molar-refractivity contribution in [3.8, 4) is 17.2 Å². The van der Waals surface area contributed by atoms with Crippen LogP contribution in [0.1, 0.15) is 22.6 Å². The molecule has 9 nitrogen and oxygen atoms in total. The highest BCUT2D eigenvalue weighted by Gasteiger charge is 2.63. The number of benzene rings is 1. The molecule has 0 bridgehead atoms. The first kappa shape index (κ1) is 19.2. The molecule has 1 aromatic carbocycles. The van der Waals surface area contributed by atoms with Crippen LogP contribution in [0.5, 0.6) is 17.2 Å². The van der Waals surface area contributed by atoms with E-state index < -0.39 is 33.3 Å². The van der Waals surface area contributed by atoms with E-state index in [0.29, 0.717) is 22.8 Å². The van der Waals surface area contributed by atoms with Crippen LogP contribution in [-0.4, -0.2) is 31.8 Å². The Labute approximate surface area is 178 Å². The van der Waals surface area contributed by atoms with Gasteiger partial charge in [-0.15, -0.1) is 0 Å². The van der Waals surface area contributed by atoms with Crippen molar-refractivity contribution in [3.05, 3.63) is 59.4 Å². The van der Waals surface area contributed by atoms with E-state index in [9.17, 15) is 21.6 Å². The van der Waals surface area contributed by atoms with Crippen molar-refractivity contribution in [1.29, 1.82) is 0 Å². The van der Waals surface area contributed by atoms with Crippen LogP contribution in [-0.2, 0) is 27.5 Å². The Balaban J connectivity index is 1.50. The van der Waals surface area contributed by atoms with E-state index in [2.05, 4.69) is 9.97 Å². The third kappa shape index (κ3) is 2.36. The number of hydrogen-bond donors (Lipinski definition) is 0. The summed E-state index contributed by atoms with van der Waals surface area (Å²) >= 11 is 0. The summed E-state index contributed by atoms with van der Waals surface area (Å²) in [7, 11) is -4.27. The zero-order valence-corrected chi connectivity index (χ0v) is 16.7. The number of anilines is 1. The minimum atomic E-state index is -4.69. The van der Waals surface area contributed by atoms with Crippen LogP contribution in [0, 0.1) is 0 Å². The molecule has 0 radical (unpaired) electrons. The Kier molecular flexibility index (Phi) is 3.64. The molecule has 2 aromatic heterocycles. The van der Waals surface area contributed by atoms with Crippen molar-refractivity contribution in [2.75, 3.05) is 17.7 Å². The number of ether oxygens (including phenoxy) is 3. The zero-order valence-electron chi connectivity index (χ0n) is 15.9. The van der Waals surface area contributed by atoms with Crippen LogP contribution in [0.2, 0.25) is 0 Å². The second-order valence-electron chi connectivity index (χ2n) is 7.35. The molecule has 1 spiro atoms. The smallest absolute Gasteiger partial charge is 0.449 e. The number of nitrogens with zero attached hydrogens (tertiary/aromatic N) is 3. The van der Waals surface area contributed by atoms with Gasteiger partial charge in [0, 0.05) is 23.4 Å². The average Bonchev–Trinajstić information content (AvgIpc) is 3.50. The number of hydrogen-bond acceptors (Lipinski definition) is 8. The minimum Gasteiger partial charge on any atom is -0.491 e. The number of alkyl halides is 3. The van der Waals surface area contributed by atoms with E-state index in [0.717, 1.165) is 16.4 Å². The van der Waals surface area contributed by atoms with Gasteiger partial charge in [-0.1, -0.05) is 0 Å². The van der Waals surface area contributed by atoms with E-state index in [1.165, 1.54) is 18.6 Å². The van der Waals surface area contributed by atoms with E-state index in [1.54, 1.807) is 6.07 Å². The molecule has 32 heavy (non-hydrogen) atoms. The summed E-state index contributed by atoms with van der Waals surface area (Å²) in [5.74, 6) is -0.281. The van der Waals surface area contributed by atoms with Crippen molar-refractivity contribution in [2.45, 2.75) is 17.5 Å². The molecule has 1 unspecified atom stereocenters. The second kappa shape index (κ2) is 6.06. The topological polar surface area (TPSA) is 104 Å². The van der Waals surface area contributed by atoms with E-state index in [1.807, 2.05) is 0 Å². The van der Waals surface area contributed by atoms with Crippen LogP contribution in [0.3, 0.4) is 0 Å². The van der Waals surface area contributed by atoms with Gasteiger partial charge in [0.25, 0.3) is 10.0 Å². The number of fused-ring (bicyclic) bond motifs is 5. The summed E-state index contributed by atoms with van der Waals surface area (Å²) in [5.41, 5.74) is 0.566. The zero-order chi connectivity index (χ0) is 22.3. The van der Waals surface area contributed by atoms with Gasteiger partial charge < -0.3 is 18.6 Å². The predicted molar refractivity (Wildman–Crippen MR) is 99.7 cm³/mol. The van der Waals surface area contributed by atoms with Gasteiger partial charge in [-0.2, -0.15) is 13.2 Å². The summed E-state index contributed by atoms with van der Waals surface area (Å²) in [4.78, 5) is 8.09. The standard InChI is InChI=1S/C19H12F3N3O6S/c20-19(21,22)16-2-1-10(31-16)6-25-17-12(5-23-8-24-17)18(32(25,26)27)7-28-13-4-15-14(3-11(13)18)29-9-30-15/h1-5,8H,6-7,9H2. The predicted octanol–water partition coefficient (Wildman–Crippen LogP) is 2.80. The fourth-order valence-corrected chi connectivity index (χ4v) is 6.33. The van der Waals surface area contributed by atoms with Crippen LogP contribution in [0.15, 0.2) is 41.2 Å². The number of furan rings is 1. The highest BCUT2D eigenvalue weighted by atomic mass is 32.2. The van der Waals surface area contributed by atoms with Crippen LogP contribution in [0.25, 0.3) is 0 Å². The van der Waals surface area contributed by atoms with Gasteiger partial charge in [0.2, 0.25) is 12.6 Å². The van der Waals surface area contributed by atoms with Crippen molar-refractivity contribution >= 4 is 15.8 Å². The summed E-state index contributed by atoms with van der Waals surface area (Å²) in [5, 5.41) is 0. The van der Waals surface area contributed by atoms with Gasteiger partial charge in [-0.25, -0.2) is 22.7 Å². The molecule has 3 aromatic rings. The van der Waals surface area contributed by atoms with Crippen molar-refractivity contribution in [1.82, 2.24) is 9.97 Å². The lowest BCUT2D eigenvalue weighted by Gasteiger charge is -2.24. The summed E-state index contributed by atoms with van der Waals surface area (Å²) in [6, 6.07) is 4.93. The fraction of sp³-hybridized carbons (Fsp3) is 0.263. The highest BCUT2D eigenvalue weighted by Crippen LogP contribution is 2.57. The lowest BCUT2D eigenvalue weighted by atomic mass is 9.93. The molecule has 0 aliphatic carbocycles. The van der Waals surface area contributed by atoms with Gasteiger partial charge >= 0.3 is 6.18 Å².